The third-order valence-electron chi connectivity index (χ3n) is 3.72. The van der Waals surface area contributed by atoms with Crippen molar-refractivity contribution >= 4 is 34.7 Å². The quantitative estimate of drug-likeness (QED) is 0.641. The lowest BCUT2D eigenvalue weighted by atomic mass is 10.1. The summed E-state index contributed by atoms with van der Waals surface area (Å²) in [7, 11) is 0. The number of thiazole rings is 1. The Hall–Kier alpha value is -2.19. The van der Waals surface area contributed by atoms with E-state index in [1.807, 2.05) is 33.1 Å². The van der Waals surface area contributed by atoms with Crippen molar-refractivity contribution < 1.29 is 9.21 Å². The van der Waals surface area contributed by atoms with Crippen molar-refractivity contribution in [2.45, 2.75) is 39.3 Å². The molecule has 0 unspecified atom stereocenters. The number of carbonyl (C=O) groups excluding carboxylic acids is 1. The summed E-state index contributed by atoms with van der Waals surface area (Å²) in [5, 5.41) is 14.3. The van der Waals surface area contributed by atoms with Gasteiger partial charge in [-0.3, -0.25) is 4.79 Å². The van der Waals surface area contributed by atoms with E-state index in [-0.39, 0.29) is 11.7 Å². The fraction of sp³-hybridized carbons (Fsp3) is 0.333. The second-order valence-corrected chi connectivity index (χ2v) is 8.10. The van der Waals surface area contributed by atoms with Gasteiger partial charge in [0.05, 0.1) is 22.9 Å². The van der Waals surface area contributed by atoms with Crippen molar-refractivity contribution in [2.75, 3.05) is 11.1 Å². The van der Waals surface area contributed by atoms with Gasteiger partial charge in [0, 0.05) is 11.1 Å². The molecule has 2 aromatic heterocycles. The second-order valence-electron chi connectivity index (χ2n) is 6.11. The zero-order chi connectivity index (χ0) is 18.7. The number of thioether (sulfide) groups is 1. The summed E-state index contributed by atoms with van der Waals surface area (Å²) in [5.74, 6) is 0.618. The molecule has 8 heteroatoms. The molecule has 0 aliphatic heterocycles. The van der Waals surface area contributed by atoms with E-state index in [1.165, 1.54) is 17.3 Å². The van der Waals surface area contributed by atoms with Crippen molar-refractivity contribution in [3.8, 4) is 0 Å². The van der Waals surface area contributed by atoms with Gasteiger partial charge < -0.3 is 9.73 Å². The molecule has 0 saturated carbocycles. The molecular weight excluding hydrogens is 368 g/mol. The molecule has 0 saturated heterocycles. The molecule has 3 aromatic rings. The SMILES string of the molecule is Cc1cc(C)c(NC(=O)CSc2nnc(Cc3csc(C)n3)o2)c(C)c1. The number of benzene rings is 1. The highest BCUT2D eigenvalue weighted by atomic mass is 32.2. The van der Waals surface area contributed by atoms with Crippen LogP contribution < -0.4 is 5.32 Å². The smallest absolute Gasteiger partial charge is 0.277 e. The van der Waals surface area contributed by atoms with Gasteiger partial charge in [-0.25, -0.2) is 4.98 Å². The number of nitrogens with zero attached hydrogens (tertiary/aromatic N) is 3. The molecule has 0 atom stereocenters. The van der Waals surface area contributed by atoms with Crippen LogP contribution in [0.1, 0.15) is 33.3 Å². The number of hydrogen-bond acceptors (Lipinski definition) is 7. The lowest BCUT2D eigenvalue weighted by molar-refractivity contribution is -0.113. The van der Waals surface area contributed by atoms with Crippen molar-refractivity contribution in [3.05, 3.63) is 50.8 Å². The molecule has 26 heavy (non-hydrogen) atoms. The Morgan fingerprint density at radius 2 is 1.92 bits per heavy atom. The molecule has 6 nitrogen and oxygen atoms in total. The van der Waals surface area contributed by atoms with E-state index in [0.29, 0.717) is 17.5 Å². The number of aryl methyl sites for hydroxylation is 4. The first-order valence-electron chi connectivity index (χ1n) is 8.14. The number of carbonyl (C=O) groups is 1. The minimum Gasteiger partial charge on any atom is -0.416 e. The van der Waals surface area contributed by atoms with Gasteiger partial charge in [-0.15, -0.1) is 21.5 Å². The molecule has 1 amide bonds. The van der Waals surface area contributed by atoms with Gasteiger partial charge >= 0.3 is 0 Å². The first-order valence-corrected chi connectivity index (χ1v) is 10.0. The van der Waals surface area contributed by atoms with Crippen LogP contribution in [0.25, 0.3) is 0 Å². The summed E-state index contributed by atoms with van der Waals surface area (Å²) >= 11 is 2.82. The van der Waals surface area contributed by atoms with E-state index in [1.54, 1.807) is 11.3 Å². The van der Waals surface area contributed by atoms with Gasteiger partial charge in [0.15, 0.2) is 0 Å². The number of nitrogens with one attached hydrogen (secondary N) is 1. The Labute approximate surface area is 160 Å². The third kappa shape index (κ3) is 4.70. The van der Waals surface area contributed by atoms with E-state index in [0.717, 1.165) is 27.5 Å². The van der Waals surface area contributed by atoms with Crippen LogP contribution in [0.2, 0.25) is 0 Å². The lowest BCUT2D eigenvalue weighted by Crippen LogP contribution is -2.15. The molecule has 0 fully saturated rings. The third-order valence-corrected chi connectivity index (χ3v) is 5.36. The van der Waals surface area contributed by atoms with E-state index in [2.05, 4.69) is 32.6 Å². The van der Waals surface area contributed by atoms with Gasteiger partial charge in [-0.2, -0.15) is 0 Å². The normalized spacial score (nSPS) is 10.9. The van der Waals surface area contributed by atoms with Crippen LogP contribution in [0, 0.1) is 27.7 Å². The molecule has 0 spiro atoms. The van der Waals surface area contributed by atoms with Crippen LogP contribution in [-0.4, -0.2) is 26.8 Å². The Bertz CT molecular complexity index is 910. The monoisotopic (exact) mass is 388 g/mol. The van der Waals surface area contributed by atoms with Crippen LogP contribution in [0.5, 0.6) is 0 Å². The Morgan fingerprint density at radius 3 is 2.58 bits per heavy atom. The first-order chi connectivity index (χ1) is 12.4. The van der Waals surface area contributed by atoms with E-state index < -0.39 is 0 Å². The largest absolute Gasteiger partial charge is 0.416 e. The van der Waals surface area contributed by atoms with Crippen molar-refractivity contribution in [1.29, 1.82) is 0 Å². The lowest BCUT2D eigenvalue weighted by Gasteiger charge is -2.12. The zero-order valence-corrected chi connectivity index (χ0v) is 16.8. The average Bonchev–Trinajstić information content (AvgIpc) is 3.18. The number of hydrogen-bond donors (Lipinski definition) is 1. The maximum atomic E-state index is 12.2. The zero-order valence-electron chi connectivity index (χ0n) is 15.1. The predicted octanol–water partition coefficient (Wildman–Crippen LogP) is 4.08. The average molecular weight is 389 g/mol. The number of aromatic nitrogens is 3. The highest BCUT2D eigenvalue weighted by Gasteiger charge is 2.13. The molecular formula is C18H20N4O2S2. The van der Waals surface area contributed by atoms with Gasteiger partial charge in [0.1, 0.15) is 0 Å². The molecule has 136 valence electrons. The van der Waals surface area contributed by atoms with Crippen molar-refractivity contribution in [3.63, 3.8) is 0 Å². The molecule has 1 N–H and O–H groups in total. The fourth-order valence-corrected chi connectivity index (χ4v) is 3.89. The van der Waals surface area contributed by atoms with Crippen LogP contribution in [0.15, 0.2) is 27.2 Å². The minimum absolute atomic E-state index is 0.0973. The standard InChI is InChI=1S/C18H20N4O2S2/c1-10-5-11(2)17(12(3)6-10)20-15(23)9-26-18-22-21-16(24-18)7-14-8-25-13(4)19-14/h5-6,8H,7,9H2,1-4H3,(H,20,23). The van der Waals surface area contributed by atoms with E-state index >= 15 is 0 Å². The maximum Gasteiger partial charge on any atom is 0.277 e. The van der Waals surface area contributed by atoms with Crippen LogP contribution >= 0.6 is 23.1 Å². The summed E-state index contributed by atoms with van der Waals surface area (Å²) in [6, 6.07) is 4.11. The van der Waals surface area contributed by atoms with Gasteiger partial charge in [-0.05, 0) is 38.8 Å². The summed E-state index contributed by atoms with van der Waals surface area (Å²) in [5.41, 5.74) is 5.07. The fourth-order valence-electron chi connectivity index (χ4n) is 2.69. The van der Waals surface area contributed by atoms with Gasteiger partial charge in [0.25, 0.3) is 5.22 Å². The molecule has 0 bridgehead atoms. The molecule has 2 heterocycles. The summed E-state index contributed by atoms with van der Waals surface area (Å²) in [6.45, 7) is 7.99. The first kappa shape index (κ1) is 18.6. The predicted molar refractivity (Wildman–Crippen MR) is 104 cm³/mol. The minimum atomic E-state index is -0.0973. The molecule has 1 aromatic carbocycles. The van der Waals surface area contributed by atoms with Crippen molar-refractivity contribution in [1.82, 2.24) is 15.2 Å². The van der Waals surface area contributed by atoms with Crippen molar-refractivity contribution in [2.24, 2.45) is 0 Å². The summed E-state index contributed by atoms with van der Waals surface area (Å²) in [4.78, 5) is 16.6. The van der Waals surface area contributed by atoms with E-state index in [9.17, 15) is 4.79 Å². The topological polar surface area (TPSA) is 80.9 Å². The number of anilines is 1. The Kier molecular flexibility index (Phi) is 5.73. The summed E-state index contributed by atoms with van der Waals surface area (Å²) in [6.07, 6.45) is 0.506. The highest BCUT2D eigenvalue weighted by molar-refractivity contribution is 7.99. The van der Waals surface area contributed by atoms with Gasteiger partial charge in [0.2, 0.25) is 11.8 Å². The van der Waals surface area contributed by atoms with Crippen LogP contribution in [-0.2, 0) is 11.2 Å². The van der Waals surface area contributed by atoms with Crippen LogP contribution in [0.3, 0.4) is 0 Å². The number of amides is 1. The van der Waals surface area contributed by atoms with E-state index in [4.69, 9.17) is 4.42 Å². The molecule has 0 aliphatic carbocycles. The molecule has 0 radical (unpaired) electrons. The Morgan fingerprint density at radius 1 is 1.19 bits per heavy atom. The van der Waals surface area contributed by atoms with Gasteiger partial charge in [-0.1, -0.05) is 29.5 Å². The van der Waals surface area contributed by atoms with Crippen LogP contribution in [0.4, 0.5) is 5.69 Å². The Balaban J connectivity index is 1.55. The molecule has 0 aliphatic rings. The summed E-state index contributed by atoms with van der Waals surface area (Å²) < 4.78 is 5.59. The number of rotatable bonds is 6. The second kappa shape index (κ2) is 8.01. The molecule has 3 rings (SSSR count). The maximum absolute atomic E-state index is 12.2. The highest BCUT2D eigenvalue weighted by Crippen LogP contribution is 2.23.